The van der Waals surface area contributed by atoms with Crippen molar-refractivity contribution in [3.8, 4) is 5.69 Å². The highest BCUT2D eigenvalue weighted by Crippen LogP contribution is 2.31. The molecular weight excluding hydrogens is 361 g/mol. The second kappa shape index (κ2) is 6.63. The van der Waals surface area contributed by atoms with Gasteiger partial charge in [0.1, 0.15) is 10.6 Å². The van der Waals surface area contributed by atoms with Gasteiger partial charge in [0.25, 0.3) is 5.91 Å². The van der Waals surface area contributed by atoms with Gasteiger partial charge in [-0.1, -0.05) is 17.7 Å². The van der Waals surface area contributed by atoms with Gasteiger partial charge in [0.15, 0.2) is 0 Å². The third-order valence-corrected chi connectivity index (χ3v) is 5.58. The van der Waals surface area contributed by atoms with E-state index in [1.807, 2.05) is 45.0 Å². The van der Waals surface area contributed by atoms with Crippen LogP contribution in [0.2, 0.25) is 0 Å². The Morgan fingerprint density at radius 2 is 1.81 bits per heavy atom. The van der Waals surface area contributed by atoms with E-state index in [1.54, 1.807) is 16.8 Å². The molecule has 0 spiro atoms. The van der Waals surface area contributed by atoms with Crippen LogP contribution in [0.1, 0.15) is 26.5 Å². The predicted octanol–water partition coefficient (Wildman–Crippen LogP) is 5.40. The lowest BCUT2D eigenvalue weighted by Gasteiger charge is -2.08. The Bertz CT molecular complexity index is 1160. The number of benzene rings is 2. The summed E-state index contributed by atoms with van der Waals surface area (Å²) in [5, 5.41) is 8.44. The first-order valence-corrected chi connectivity index (χ1v) is 9.38. The summed E-state index contributed by atoms with van der Waals surface area (Å²) in [6, 6.07) is 14.0. The number of rotatable bonds is 3. The molecule has 0 saturated carbocycles. The van der Waals surface area contributed by atoms with Crippen molar-refractivity contribution in [2.24, 2.45) is 0 Å². The molecule has 4 nitrogen and oxygen atoms in total. The Balaban J connectivity index is 1.70. The molecule has 0 bridgehead atoms. The molecule has 2 aromatic carbocycles. The van der Waals surface area contributed by atoms with Gasteiger partial charge in [-0.05, 0) is 62.7 Å². The van der Waals surface area contributed by atoms with Crippen molar-refractivity contribution in [3.63, 3.8) is 0 Å². The van der Waals surface area contributed by atoms with Crippen LogP contribution in [0, 0.1) is 26.6 Å². The van der Waals surface area contributed by atoms with Gasteiger partial charge in [0.05, 0.1) is 16.3 Å². The highest BCUT2D eigenvalue weighted by atomic mass is 32.1. The van der Waals surface area contributed by atoms with Crippen molar-refractivity contribution >= 4 is 33.1 Å². The fraction of sp³-hybridized carbons (Fsp3) is 0.143. The van der Waals surface area contributed by atoms with E-state index >= 15 is 0 Å². The molecule has 136 valence electrons. The number of halogens is 1. The smallest absolute Gasteiger partial charge is 0.265 e. The number of thiophene rings is 1. The topological polar surface area (TPSA) is 46.9 Å². The predicted molar refractivity (Wildman–Crippen MR) is 108 cm³/mol. The molecule has 0 aliphatic carbocycles. The van der Waals surface area contributed by atoms with Gasteiger partial charge < -0.3 is 5.32 Å². The summed E-state index contributed by atoms with van der Waals surface area (Å²) in [6.07, 6.45) is 0. The third-order valence-electron chi connectivity index (χ3n) is 4.47. The Morgan fingerprint density at radius 1 is 1.07 bits per heavy atom. The zero-order valence-corrected chi connectivity index (χ0v) is 16.0. The number of carbonyl (C=O) groups is 1. The highest BCUT2D eigenvalue weighted by molar-refractivity contribution is 7.20. The SMILES string of the molecule is Cc1ccc(NC(=O)c2cc3c(C)nn(-c4ccc(F)cc4)c3s2)c(C)c1. The molecule has 4 aromatic rings. The third kappa shape index (κ3) is 3.24. The van der Waals surface area contributed by atoms with E-state index in [1.165, 1.54) is 23.5 Å². The van der Waals surface area contributed by atoms with Crippen LogP contribution < -0.4 is 5.32 Å². The second-order valence-corrected chi connectivity index (χ2v) is 7.61. The highest BCUT2D eigenvalue weighted by Gasteiger charge is 2.17. The fourth-order valence-corrected chi connectivity index (χ4v) is 4.13. The summed E-state index contributed by atoms with van der Waals surface area (Å²) in [7, 11) is 0. The van der Waals surface area contributed by atoms with Crippen LogP contribution in [0.5, 0.6) is 0 Å². The summed E-state index contributed by atoms with van der Waals surface area (Å²) in [5.41, 5.74) is 4.58. The number of fused-ring (bicyclic) bond motifs is 1. The largest absolute Gasteiger partial charge is 0.321 e. The molecule has 0 aliphatic heterocycles. The lowest BCUT2D eigenvalue weighted by molar-refractivity contribution is 0.103. The van der Waals surface area contributed by atoms with E-state index in [0.29, 0.717) is 4.88 Å². The van der Waals surface area contributed by atoms with E-state index in [-0.39, 0.29) is 11.7 Å². The van der Waals surface area contributed by atoms with Crippen LogP contribution in [0.4, 0.5) is 10.1 Å². The lowest BCUT2D eigenvalue weighted by Crippen LogP contribution is -2.11. The van der Waals surface area contributed by atoms with Gasteiger partial charge >= 0.3 is 0 Å². The summed E-state index contributed by atoms with van der Waals surface area (Å²) in [4.78, 5) is 14.2. The lowest BCUT2D eigenvalue weighted by atomic mass is 10.1. The van der Waals surface area contributed by atoms with Gasteiger partial charge in [-0.15, -0.1) is 11.3 Å². The molecule has 0 atom stereocenters. The quantitative estimate of drug-likeness (QED) is 0.518. The molecule has 4 rings (SSSR count). The maximum absolute atomic E-state index is 13.2. The molecule has 0 saturated heterocycles. The Kier molecular flexibility index (Phi) is 4.28. The monoisotopic (exact) mass is 379 g/mol. The number of aromatic nitrogens is 2. The molecule has 0 unspecified atom stereocenters. The van der Waals surface area contributed by atoms with Gasteiger partial charge in [0.2, 0.25) is 0 Å². The Hall–Kier alpha value is -2.99. The summed E-state index contributed by atoms with van der Waals surface area (Å²) in [5.74, 6) is -0.438. The van der Waals surface area contributed by atoms with Crippen LogP contribution in [-0.2, 0) is 0 Å². The van der Waals surface area contributed by atoms with Crippen molar-refractivity contribution in [1.29, 1.82) is 0 Å². The Labute approximate surface area is 160 Å². The van der Waals surface area contributed by atoms with Crippen LogP contribution in [-0.4, -0.2) is 15.7 Å². The summed E-state index contributed by atoms with van der Waals surface area (Å²) >= 11 is 1.37. The fourth-order valence-electron chi connectivity index (χ4n) is 3.05. The minimum absolute atomic E-state index is 0.145. The van der Waals surface area contributed by atoms with Crippen molar-refractivity contribution in [2.45, 2.75) is 20.8 Å². The summed E-state index contributed by atoms with van der Waals surface area (Å²) in [6.45, 7) is 5.90. The average molecular weight is 379 g/mol. The molecule has 2 aromatic heterocycles. The number of amides is 1. The molecule has 1 N–H and O–H groups in total. The van der Waals surface area contributed by atoms with Crippen LogP contribution >= 0.6 is 11.3 Å². The first-order chi connectivity index (χ1) is 12.9. The molecule has 6 heteroatoms. The molecule has 0 fully saturated rings. The summed E-state index contributed by atoms with van der Waals surface area (Å²) < 4.78 is 15.0. The molecule has 1 amide bonds. The van der Waals surface area contributed by atoms with E-state index in [0.717, 1.165) is 38.4 Å². The normalized spacial score (nSPS) is 11.1. The van der Waals surface area contributed by atoms with Crippen molar-refractivity contribution < 1.29 is 9.18 Å². The Morgan fingerprint density at radius 3 is 2.52 bits per heavy atom. The maximum atomic E-state index is 13.2. The van der Waals surface area contributed by atoms with Crippen molar-refractivity contribution in [1.82, 2.24) is 9.78 Å². The molecule has 2 heterocycles. The second-order valence-electron chi connectivity index (χ2n) is 6.58. The van der Waals surface area contributed by atoms with E-state index in [2.05, 4.69) is 10.4 Å². The number of hydrogen-bond donors (Lipinski definition) is 1. The molecule has 0 aliphatic rings. The number of nitrogens with one attached hydrogen (secondary N) is 1. The first kappa shape index (κ1) is 17.4. The molecule has 27 heavy (non-hydrogen) atoms. The minimum Gasteiger partial charge on any atom is -0.321 e. The standard InChI is InChI=1S/C21H18FN3OS/c1-12-4-9-18(13(2)10-12)23-20(26)19-11-17-14(3)24-25(21(17)27-19)16-7-5-15(22)6-8-16/h4-11H,1-3H3,(H,23,26). The van der Waals surface area contributed by atoms with E-state index in [4.69, 9.17) is 0 Å². The minimum atomic E-state index is -0.293. The molecule has 0 radical (unpaired) electrons. The van der Waals surface area contributed by atoms with Crippen molar-refractivity contribution in [3.05, 3.63) is 76.0 Å². The van der Waals surface area contributed by atoms with Gasteiger partial charge in [-0.3, -0.25) is 4.79 Å². The number of carbonyl (C=O) groups excluding carboxylic acids is 1. The van der Waals surface area contributed by atoms with Crippen molar-refractivity contribution in [2.75, 3.05) is 5.32 Å². The number of anilines is 1. The average Bonchev–Trinajstić information content (AvgIpc) is 3.19. The number of hydrogen-bond acceptors (Lipinski definition) is 3. The zero-order valence-electron chi connectivity index (χ0n) is 15.2. The zero-order chi connectivity index (χ0) is 19.1. The van der Waals surface area contributed by atoms with Gasteiger partial charge in [0, 0.05) is 11.1 Å². The number of aryl methyl sites for hydroxylation is 3. The maximum Gasteiger partial charge on any atom is 0.265 e. The van der Waals surface area contributed by atoms with Gasteiger partial charge in [-0.2, -0.15) is 5.10 Å². The van der Waals surface area contributed by atoms with E-state index in [9.17, 15) is 9.18 Å². The van der Waals surface area contributed by atoms with Crippen LogP contribution in [0.15, 0.2) is 48.5 Å². The van der Waals surface area contributed by atoms with Crippen LogP contribution in [0.25, 0.3) is 15.9 Å². The number of nitrogens with zero attached hydrogens (tertiary/aromatic N) is 2. The van der Waals surface area contributed by atoms with E-state index < -0.39 is 0 Å². The van der Waals surface area contributed by atoms with Crippen LogP contribution in [0.3, 0.4) is 0 Å². The van der Waals surface area contributed by atoms with Gasteiger partial charge in [-0.25, -0.2) is 9.07 Å². The molecular formula is C21H18FN3OS. The first-order valence-electron chi connectivity index (χ1n) is 8.56.